The minimum atomic E-state index is -3.71. The highest BCUT2D eigenvalue weighted by Gasteiger charge is 2.67. The molecule has 1 saturated heterocycles. The van der Waals surface area contributed by atoms with Crippen molar-refractivity contribution in [3.05, 3.63) is 77.8 Å². The van der Waals surface area contributed by atoms with Crippen molar-refractivity contribution in [1.29, 1.82) is 0 Å². The third kappa shape index (κ3) is 4.58. The van der Waals surface area contributed by atoms with Crippen LogP contribution in [-0.2, 0) is 26.2 Å². The second-order valence-corrected chi connectivity index (χ2v) is 12.7. The summed E-state index contributed by atoms with van der Waals surface area (Å²) < 4.78 is 39.2. The van der Waals surface area contributed by atoms with E-state index in [-0.39, 0.29) is 13.0 Å². The number of pyridine rings is 1. The van der Waals surface area contributed by atoms with Gasteiger partial charge in [0.25, 0.3) is 0 Å². The van der Waals surface area contributed by atoms with Crippen molar-refractivity contribution in [1.82, 2.24) is 4.98 Å². The molecule has 2 aliphatic heterocycles. The number of aromatic nitrogens is 1. The lowest BCUT2D eigenvalue weighted by molar-refractivity contribution is -0.977. The quantitative estimate of drug-likeness (QED) is 0.544. The minimum Gasteiger partial charge on any atom is -0.489 e. The first-order valence-electron chi connectivity index (χ1n) is 13.1. The number of aliphatic hydroxyl groups excluding tert-OH is 1. The summed E-state index contributed by atoms with van der Waals surface area (Å²) in [6.45, 7) is 0.985. The molecule has 3 fully saturated rings. The number of hydrogen-bond acceptors (Lipinski definition) is 7. The summed E-state index contributed by atoms with van der Waals surface area (Å²) in [4.78, 5) is 10.5. The number of fused-ring (bicyclic) bond motifs is 1. The van der Waals surface area contributed by atoms with Crippen molar-refractivity contribution in [2.24, 2.45) is 5.92 Å². The van der Waals surface area contributed by atoms with E-state index in [2.05, 4.69) is 4.98 Å². The van der Waals surface area contributed by atoms with Crippen molar-refractivity contribution < 1.29 is 31.9 Å². The van der Waals surface area contributed by atoms with Crippen LogP contribution in [0.1, 0.15) is 49.7 Å². The van der Waals surface area contributed by atoms with Gasteiger partial charge < -0.3 is 14.6 Å². The Morgan fingerprint density at radius 1 is 1.08 bits per heavy atom. The first-order valence-corrected chi connectivity index (χ1v) is 14.6. The Morgan fingerprint density at radius 2 is 1.89 bits per heavy atom. The molecule has 6 rings (SSSR count). The molecule has 0 bridgehead atoms. The van der Waals surface area contributed by atoms with Gasteiger partial charge in [0.1, 0.15) is 36.0 Å². The van der Waals surface area contributed by atoms with Gasteiger partial charge in [0.2, 0.25) is 0 Å². The number of hydrogen-bond donors (Lipinski definition) is 1. The first kappa shape index (κ1) is 24.6. The summed E-state index contributed by atoms with van der Waals surface area (Å²) in [7, 11) is -3.71. The zero-order valence-electron chi connectivity index (χ0n) is 20.7. The van der Waals surface area contributed by atoms with Crippen LogP contribution in [0.3, 0.4) is 0 Å². The Bertz CT molecular complexity index is 1290. The number of sulfonamides is 1. The van der Waals surface area contributed by atoms with Crippen LogP contribution in [0.5, 0.6) is 5.75 Å². The Kier molecular flexibility index (Phi) is 6.56. The molecule has 4 unspecified atom stereocenters. The molecular formula is C28H33N2O6S+. The van der Waals surface area contributed by atoms with Gasteiger partial charge in [-0.3, -0.25) is 4.98 Å². The molecule has 2 saturated carbocycles. The average molecular weight is 526 g/mol. The molecule has 1 aromatic carbocycles. The van der Waals surface area contributed by atoms with E-state index >= 15 is 0 Å². The van der Waals surface area contributed by atoms with Crippen molar-refractivity contribution in [2.45, 2.75) is 62.6 Å². The molecule has 4 aliphatic rings. The van der Waals surface area contributed by atoms with Gasteiger partial charge in [0.15, 0.2) is 12.3 Å². The number of rotatable bonds is 7. The Labute approximate surface area is 217 Å². The van der Waals surface area contributed by atoms with Crippen LogP contribution >= 0.6 is 0 Å². The van der Waals surface area contributed by atoms with E-state index in [0.29, 0.717) is 36.9 Å². The number of hydroxylamine groups is 2. The SMILES string of the molecule is O=S1(=O)C2CC(O)CC2O[N+]1(CC1CCCC1)C1=CC=C(c2ccc(OCc3cccnc3)cc2)OC1. The van der Waals surface area contributed by atoms with Gasteiger partial charge in [0.05, 0.1) is 6.10 Å². The maximum atomic E-state index is 13.9. The number of benzene rings is 1. The highest BCUT2D eigenvalue weighted by molar-refractivity contribution is 7.86. The van der Waals surface area contributed by atoms with Crippen molar-refractivity contribution >= 4 is 15.8 Å². The Balaban J connectivity index is 1.22. The molecule has 2 aliphatic carbocycles. The predicted molar refractivity (Wildman–Crippen MR) is 137 cm³/mol. The molecule has 9 heteroatoms. The fraction of sp³-hybridized carbons (Fsp3) is 0.464. The van der Waals surface area contributed by atoms with Crippen LogP contribution in [0, 0.1) is 5.92 Å². The van der Waals surface area contributed by atoms with Gasteiger partial charge in [-0.05, 0) is 59.7 Å². The van der Waals surface area contributed by atoms with E-state index < -0.39 is 31.5 Å². The molecule has 0 radical (unpaired) electrons. The van der Waals surface area contributed by atoms with Crippen LogP contribution in [0.25, 0.3) is 5.76 Å². The van der Waals surface area contributed by atoms with Crippen LogP contribution in [-0.4, -0.2) is 53.2 Å². The molecule has 8 nitrogen and oxygen atoms in total. The molecule has 0 spiro atoms. The van der Waals surface area contributed by atoms with Gasteiger partial charge in [-0.25, -0.2) is 0 Å². The van der Waals surface area contributed by atoms with Crippen LogP contribution < -0.4 is 4.74 Å². The number of nitrogens with zero attached hydrogens (tertiary/aromatic N) is 2. The molecule has 1 aromatic heterocycles. The largest absolute Gasteiger partial charge is 0.489 e. The van der Waals surface area contributed by atoms with Crippen molar-refractivity contribution in [3.8, 4) is 5.75 Å². The predicted octanol–water partition coefficient (Wildman–Crippen LogP) is 4.09. The molecule has 196 valence electrons. The lowest BCUT2D eigenvalue weighted by atomic mass is 10.1. The summed E-state index contributed by atoms with van der Waals surface area (Å²) >= 11 is 0. The lowest BCUT2D eigenvalue weighted by Gasteiger charge is -2.34. The zero-order valence-corrected chi connectivity index (χ0v) is 21.6. The molecule has 2 aromatic rings. The van der Waals surface area contributed by atoms with Gasteiger partial charge in [-0.15, -0.1) is 0 Å². The molecule has 4 atom stereocenters. The number of allylic oxidation sites excluding steroid dienone is 2. The maximum Gasteiger partial charge on any atom is 0.337 e. The molecule has 3 heterocycles. The van der Waals surface area contributed by atoms with Crippen molar-refractivity contribution in [2.75, 3.05) is 13.2 Å². The van der Waals surface area contributed by atoms with Gasteiger partial charge >= 0.3 is 10.0 Å². The topological polar surface area (TPSA) is 95.0 Å². The third-order valence-electron chi connectivity index (χ3n) is 8.00. The third-order valence-corrected chi connectivity index (χ3v) is 10.6. The van der Waals surface area contributed by atoms with Crippen LogP contribution in [0.15, 0.2) is 66.6 Å². The maximum absolute atomic E-state index is 13.9. The molecular weight excluding hydrogens is 492 g/mol. The van der Waals surface area contributed by atoms with E-state index in [9.17, 15) is 13.5 Å². The van der Waals surface area contributed by atoms with Crippen molar-refractivity contribution in [3.63, 3.8) is 0 Å². The van der Waals surface area contributed by atoms with Gasteiger partial charge in [0, 0.05) is 41.9 Å². The Morgan fingerprint density at radius 3 is 2.57 bits per heavy atom. The van der Waals surface area contributed by atoms with E-state index in [1.54, 1.807) is 12.4 Å². The Hall–Kier alpha value is -2.72. The number of aliphatic hydroxyl groups is 1. The van der Waals surface area contributed by atoms with E-state index in [1.165, 1.54) is 0 Å². The highest BCUT2D eigenvalue weighted by Crippen LogP contribution is 2.48. The highest BCUT2D eigenvalue weighted by atomic mass is 32.2. The number of ether oxygens (including phenoxy) is 2. The zero-order chi connectivity index (χ0) is 25.5. The van der Waals surface area contributed by atoms with E-state index in [1.807, 2.05) is 48.6 Å². The lowest BCUT2D eigenvalue weighted by Crippen LogP contribution is -2.52. The summed E-state index contributed by atoms with van der Waals surface area (Å²) in [6, 6.07) is 11.5. The second kappa shape index (κ2) is 9.87. The molecule has 37 heavy (non-hydrogen) atoms. The average Bonchev–Trinajstić information content (AvgIpc) is 3.61. The second-order valence-electron chi connectivity index (χ2n) is 10.5. The summed E-state index contributed by atoms with van der Waals surface area (Å²) in [5, 5.41) is 9.42. The smallest absolute Gasteiger partial charge is 0.337 e. The van der Waals surface area contributed by atoms with Gasteiger partial charge in [-0.1, -0.05) is 18.9 Å². The van der Waals surface area contributed by atoms with Crippen LogP contribution in [0.4, 0.5) is 0 Å². The normalized spacial score (nSPS) is 30.9. The van der Waals surface area contributed by atoms with E-state index in [0.717, 1.165) is 42.6 Å². The fourth-order valence-corrected chi connectivity index (χ4v) is 8.60. The summed E-state index contributed by atoms with van der Waals surface area (Å²) in [5.41, 5.74) is 2.49. The minimum absolute atomic E-state index is 0.138. The fourth-order valence-electron chi connectivity index (χ4n) is 6.06. The van der Waals surface area contributed by atoms with Crippen LogP contribution in [0.2, 0.25) is 0 Å². The monoisotopic (exact) mass is 525 g/mol. The van der Waals surface area contributed by atoms with E-state index in [4.69, 9.17) is 14.3 Å². The summed E-state index contributed by atoms with van der Waals surface area (Å²) in [6.07, 6.45) is 11.0. The van der Waals surface area contributed by atoms with Gasteiger partial charge in [-0.2, -0.15) is 13.3 Å². The first-order chi connectivity index (χ1) is 17.9. The molecule has 1 N–H and O–H groups in total. The molecule has 0 amide bonds. The number of quaternary nitrogens is 1. The summed E-state index contributed by atoms with van der Waals surface area (Å²) in [5.74, 6) is 1.71. The standard InChI is InChI=1S/C28H33N2O6S/c31-24-14-27-28(15-24)37(32,33)30(36-27,17-20-4-1-2-5-20)23-9-12-26(35-19-23)22-7-10-25(11-8-22)34-18-21-6-3-13-29-16-21/h3,6-13,16,20,24,27-28,31H,1-2,4-5,14-15,17-19H2/q+1.